The number of aliphatic carboxylic acids is 1. The van der Waals surface area contributed by atoms with E-state index in [2.05, 4.69) is 0 Å². The molecule has 1 atom stereocenters. The number of ether oxygens (including phenoxy) is 1. The Hall–Kier alpha value is -1.84. The maximum atomic E-state index is 11.2. The van der Waals surface area contributed by atoms with E-state index in [0.29, 0.717) is 0 Å². The zero-order valence-electron chi connectivity index (χ0n) is 9.27. The quantitative estimate of drug-likeness (QED) is 0.741. The molecule has 0 amide bonds. The van der Waals surface area contributed by atoms with Crippen molar-refractivity contribution in [3.63, 3.8) is 0 Å². The molecule has 1 aromatic rings. The Balaban J connectivity index is 0.000000280. The second kappa shape index (κ2) is 5.30. The molecule has 0 spiro atoms. The standard InChI is InChI=1S/C10H10O2.C2H4O2/c1-2-9-7-5-3-4-6-8(7)10(11)12-9;1-2(3)4/h3-6,9H,2H2,1H3;1H3,(H,3,4). The van der Waals surface area contributed by atoms with Crippen molar-refractivity contribution in [3.8, 4) is 0 Å². The van der Waals surface area contributed by atoms with Gasteiger partial charge in [-0.15, -0.1) is 0 Å². The summed E-state index contributed by atoms with van der Waals surface area (Å²) in [6.07, 6.45) is 0.830. The van der Waals surface area contributed by atoms with Gasteiger partial charge in [-0.25, -0.2) is 4.79 Å². The van der Waals surface area contributed by atoms with Gasteiger partial charge in [0.25, 0.3) is 5.97 Å². The Morgan fingerprint density at radius 2 is 2.00 bits per heavy atom. The number of hydrogen-bond acceptors (Lipinski definition) is 3. The first-order valence-electron chi connectivity index (χ1n) is 5.05. The van der Waals surface area contributed by atoms with Crippen LogP contribution in [0.2, 0.25) is 0 Å². The molecule has 1 heterocycles. The molecule has 0 fully saturated rings. The summed E-state index contributed by atoms with van der Waals surface area (Å²) in [7, 11) is 0. The number of carbonyl (C=O) groups excluding carboxylic acids is 1. The van der Waals surface area contributed by atoms with E-state index in [1.54, 1.807) is 0 Å². The third kappa shape index (κ3) is 2.82. The molecule has 0 saturated carbocycles. The lowest BCUT2D eigenvalue weighted by atomic mass is 10.0. The monoisotopic (exact) mass is 222 g/mol. The van der Waals surface area contributed by atoms with E-state index in [4.69, 9.17) is 14.6 Å². The Morgan fingerprint density at radius 3 is 2.56 bits per heavy atom. The summed E-state index contributed by atoms with van der Waals surface area (Å²) in [5, 5.41) is 7.42. The molecule has 0 radical (unpaired) electrons. The predicted octanol–water partition coefficient (Wildman–Crippen LogP) is 2.40. The zero-order valence-corrected chi connectivity index (χ0v) is 9.27. The Labute approximate surface area is 93.9 Å². The highest BCUT2D eigenvalue weighted by Crippen LogP contribution is 2.32. The Kier molecular flexibility index (Phi) is 4.05. The van der Waals surface area contributed by atoms with Gasteiger partial charge in [0.2, 0.25) is 0 Å². The summed E-state index contributed by atoms with van der Waals surface area (Å²) >= 11 is 0. The van der Waals surface area contributed by atoms with Crippen molar-refractivity contribution in [1.29, 1.82) is 0 Å². The molecule has 0 aliphatic carbocycles. The highest BCUT2D eigenvalue weighted by Gasteiger charge is 2.28. The van der Waals surface area contributed by atoms with Crippen molar-refractivity contribution >= 4 is 11.9 Å². The first-order valence-corrected chi connectivity index (χ1v) is 5.05. The van der Waals surface area contributed by atoms with E-state index in [1.807, 2.05) is 31.2 Å². The molecule has 1 N–H and O–H groups in total. The number of esters is 1. The van der Waals surface area contributed by atoms with Crippen LogP contribution < -0.4 is 0 Å². The van der Waals surface area contributed by atoms with Crippen LogP contribution in [0.25, 0.3) is 0 Å². The molecule has 16 heavy (non-hydrogen) atoms. The molecule has 0 saturated heterocycles. The van der Waals surface area contributed by atoms with Crippen molar-refractivity contribution in [2.75, 3.05) is 0 Å². The fraction of sp³-hybridized carbons (Fsp3) is 0.333. The fourth-order valence-electron chi connectivity index (χ4n) is 1.52. The minimum absolute atomic E-state index is 0.0197. The van der Waals surface area contributed by atoms with E-state index in [9.17, 15) is 4.79 Å². The van der Waals surface area contributed by atoms with Gasteiger partial charge in [-0.05, 0) is 12.5 Å². The van der Waals surface area contributed by atoms with E-state index in [1.165, 1.54) is 0 Å². The van der Waals surface area contributed by atoms with Gasteiger partial charge >= 0.3 is 5.97 Å². The van der Waals surface area contributed by atoms with E-state index in [0.717, 1.165) is 24.5 Å². The fourth-order valence-corrected chi connectivity index (χ4v) is 1.52. The van der Waals surface area contributed by atoms with Crippen molar-refractivity contribution in [2.24, 2.45) is 0 Å². The molecule has 0 bridgehead atoms. The highest BCUT2D eigenvalue weighted by atomic mass is 16.5. The van der Waals surface area contributed by atoms with Gasteiger partial charge in [0.05, 0.1) is 5.56 Å². The lowest BCUT2D eigenvalue weighted by Crippen LogP contribution is -1.96. The lowest BCUT2D eigenvalue weighted by Gasteiger charge is -2.05. The average Bonchev–Trinajstić information content (AvgIpc) is 2.56. The maximum absolute atomic E-state index is 11.2. The van der Waals surface area contributed by atoms with Gasteiger partial charge in [0.15, 0.2) is 0 Å². The summed E-state index contributed by atoms with van der Waals surface area (Å²) in [6.45, 7) is 3.10. The van der Waals surface area contributed by atoms with Crippen LogP contribution in [0, 0.1) is 0 Å². The zero-order chi connectivity index (χ0) is 12.1. The number of cyclic esters (lactones) is 1. The van der Waals surface area contributed by atoms with Crippen LogP contribution in [0.1, 0.15) is 42.3 Å². The third-order valence-electron chi connectivity index (χ3n) is 2.15. The number of fused-ring (bicyclic) bond motifs is 1. The number of carbonyl (C=O) groups is 2. The molecule has 4 heteroatoms. The van der Waals surface area contributed by atoms with Gasteiger partial charge in [-0.1, -0.05) is 25.1 Å². The second-order valence-corrected chi connectivity index (χ2v) is 3.41. The maximum Gasteiger partial charge on any atom is 0.339 e. The van der Waals surface area contributed by atoms with Crippen molar-refractivity contribution in [2.45, 2.75) is 26.4 Å². The number of carboxylic acids is 1. The number of rotatable bonds is 1. The van der Waals surface area contributed by atoms with Crippen molar-refractivity contribution < 1.29 is 19.4 Å². The van der Waals surface area contributed by atoms with Crippen molar-refractivity contribution in [1.82, 2.24) is 0 Å². The minimum atomic E-state index is -0.833. The Morgan fingerprint density at radius 1 is 1.44 bits per heavy atom. The molecule has 1 unspecified atom stereocenters. The van der Waals surface area contributed by atoms with Crippen LogP contribution >= 0.6 is 0 Å². The summed E-state index contributed by atoms with van der Waals surface area (Å²) in [4.78, 5) is 20.2. The van der Waals surface area contributed by atoms with Gasteiger partial charge in [-0.2, -0.15) is 0 Å². The largest absolute Gasteiger partial charge is 0.481 e. The molecule has 1 aliphatic heterocycles. The number of benzene rings is 1. The molecule has 0 aromatic heterocycles. The molecule has 1 aromatic carbocycles. The molecular formula is C12H14O4. The summed E-state index contributed by atoms with van der Waals surface area (Å²) in [5.41, 5.74) is 1.76. The number of carboxylic acid groups (broad SMARTS) is 1. The molecule has 86 valence electrons. The lowest BCUT2D eigenvalue weighted by molar-refractivity contribution is -0.134. The van der Waals surface area contributed by atoms with Crippen LogP contribution in [0.3, 0.4) is 0 Å². The SMILES string of the molecule is CC(=O)O.CCC1OC(=O)c2ccccc21. The van der Waals surface area contributed by atoms with E-state index < -0.39 is 5.97 Å². The summed E-state index contributed by atoms with van der Waals surface area (Å²) < 4.78 is 5.14. The second-order valence-electron chi connectivity index (χ2n) is 3.41. The normalized spacial score (nSPS) is 16.9. The number of hydrogen-bond donors (Lipinski definition) is 1. The highest BCUT2D eigenvalue weighted by molar-refractivity contribution is 5.93. The topological polar surface area (TPSA) is 63.6 Å². The molecule has 1 aliphatic rings. The van der Waals surface area contributed by atoms with Gasteiger partial charge < -0.3 is 9.84 Å². The van der Waals surface area contributed by atoms with Crippen LogP contribution in [-0.4, -0.2) is 17.0 Å². The van der Waals surface area contributed by atoms with Gasteiger partial charge in [0.1, 0.15) is 6.10 Å². The molecule has 4 nitrogen and oxygen atoms in total. The third-order valence-corrected chi connectivity index (χ3v) is 2.15. The minimum Gasteiger partial charge on any atom is -0.481 e. The van der Waals surface area contributed by atoms with Gasteiger partial charge in [0, 0.05) is 12.5 Å². The summed E-state index contributed by atoms with van der Waals surface area (Å²) in [5.74, 6) is -1.02. The van der Waals surface area contributed by atoms with Gasteiger partial charge in [-0.3, -0.25) is 4.79 Å². The van der Waals surface area contributed by atoms with Crippen LogP contribution in [0.5, 0.6) is 0 Å². The smallest absolute Gasteiger partial charge is 0.339 e. The first-order chi connectivity index (χ1) is 7.56. The summed E-state index contributed by atoms with van der Waals surface area (Å²) in [6, 6.07) is 7.56. The van der Waals surface area contributed by atoms with Crippen molar-refractivity contribution in [3.05, 3.63) is 35.4 Å². The molecule has 2 rings (SSSR count). The molecular weight excluding hydrogens is 208 g/mol. The van der Waals surface area contributed by atoms with E-state index in [-0.39, 0.29) is 12.1 Å². The van der Waals surface area contributed by atoms with E-state index >= 15 is 0 Å². The van der Waals surface area contributed by atoms with Crippen LogP contribution in [0.15, 0.2) is 24.3 Å². The Bertz CT molecular complexity index is 394. The average molecular weight is 222 g/mol. The first kappa shape index (κ1) is 12.2. The predicted molar refractivity (Wildman–Crippen MR) is 58.2 cm³/mol. The van der Waals surface area contributed by atoms with Crippen LogP contribution in [-0.2, 0) is 9.53 Å². The van der Waals surface area contributed by atoms with Crippen LogP contribution in [0.4, 0.5) is 0 Å².